The second-order valence-corrected chi connectivity index (χ2v) is 16.2. The van der Waals surface area contributed by atoms with E-state index in [1.165, 1.54) is 6.33 Å². The van der Waals surface area contributed by atoms with Crippen LogP contribution in [0.1, 0.15) is 24.4 Å². The zero-order valence-corrected chi connectivity index (χ0v) is 32.4. The minimum Gasteiger partial charge on any atom is -0.660 e. The van der Waals surface area contributed by atoms with E-state index in [1.807, 2.05) is 4.98 Å². The third kappa shape index (κ3) is 7.61. The molecule has 0 radical (unpaired) electrons. The van der Waals surface area contributed by atoms with Crippen LogP contribution in [0.3, 0.4) is 0 Å². The Morgan fingerprint density at radius 2 is 1.60 bits per heavy atom. The zero-order chi connectivity index (χ0) is 31.7. The molecule has 4 aliphatic rings. The van der Waals surface area contributed by atoms with Gasteiger partial charge in [-0.25, -0.2) is 14.8 Å². The second-order valence-electron chi connectivity index (χ2n) is 10.8. The van der Waals surface area contributed by atoms with E-state index >= 15 is 0 Å². The van der Waals surface area contributed by atoms with Gasteiger partial charge in [0.1, 0.15) is 54.4 Å². The minimum atomic E-state index is -4.49. The Balaban J connectivity index is 0.00000217. The molecule has 2 bridgehead atoms. The summed E-state index contributed by atoms with van der Waals surface area (Å²) in [7, 11) is 0. The first-order chi connectivity index (χ1) is 21.4. The largest absolute Gasteiger partial charge is 1.00 e. The van der Waals surface area contributed by atoms with Gasteiger partial charge < -0.3 is 72.2 Å². The van der Waals surface area contributed by atoms with E-state index in [9.17, 15) is 28.9 Å². The van der Waals surface area contributed by atoms with Crippen LogP contribution in [0.5, 0.6) is 0 Å². The number of nitrogens with zero attached hydrogens (tertiary/aromatic N) is 4. The summed E-state index contributed by atoms with van der Waals surface area (Å²) in [5, 5.41) is 26.4. The average molecular weight is 751 g/mol. The molecule has 3 aromatic heterocycles. The Kier molecular flexibility index (Phi) is 12.1. The zero-order valence-electron chi connectivity index (χ0n) is 24.9. The third-order valence-electron chi connectivity index (χ3n) is 7.92. The number of anilines is 1. The fourth-order valence-electron chi connectivity index (χ4n) is 5.89. The number of aromatic nitrogens is 5. The van der Waals surface area contributed by atoms with Gasteiger partial charge >= 0.3 is 64.8 Å². The fourth-order valence-corrected chi connectivity index (χ4v) is 8.72. The molecule has 0 saturated carbocycles. The predicted octanol–water partition coefficient (Wildman–Crippen LogP) is -6.01. The van der Waals surface area contributed by atoms with Crippen LogP contribution in [0.25, 0.3) is 11.0 Å². The number of aryl methyl sites for hydroxylation is 1. The number of fused-ring (bicyclic) bond motifs is 3. The monoisotopic (exact) mass is 750 g/mol. The van der Waals surface area contributed by atoms with Gasteiger partial charge in [0.15, 0.2) is 19.3 Å². The first-order valence-corrected chi connectivity index (χ1v) is 18.9. The second kappa shape index (κ2) is 14.9. The standard InChI is InChI=1S/C23H28N6O12P2S2.2Na/c30-13-3-5-28(23(33)27-13)22-18-15(31)11(38-22)7-36-42(34,44)40-17-12(8-37-43(35,45)41-18)39-21(16(17)32)29-6-10-2-1-4-24-19-14(10)20(29)26-9-25-19;;/h3,5-6,9,11-12,15-18,21-22,31-32H,1-2,4,7-8H2,(H,34,44)(H,35,45)(H,24,25,26)(H,27,30,33);;/q;2*+1/p-2/t11-,12-,15-,16-,17-,18-,21-,22-,42?,43?;;/m1../s1. The summed E-state index contributed by atoms with van der Waals surface area (Å²) in [6, 6.07) is 1.02. The van der Waals surface area contributed by atoms with Crippen molar-refractivity contribution in [2.75, 3.05) is 25.1 Å². The number of hydrogen-bond donors (Lipinski definition) is 4. The maximum atomic E-state index is 13.4. The smallest absolute Gasteiger partial charge is 0.660 e. The van der Waals surface area contributed by atoms with E-state index in [4.69, 9.17) is 52.1 Å². The molecule has 0 spiro atoms. The van der Waals surface area contributed by atoms with Crippen LogP contribution in [-0.2, 0) is 67.6 Å². The van der Waals surface area contributed by atoms with Crippen LogP contribution in [0.4, 0.5) is 5.82 Å². The summed E-state index contributed by atoms with van der Waals surface area (Å²) >= 11 is 10.2. The van der Waals surface area contributed by atoms with E-state index in [0.717, 1.165) is 40.7 Å². The van der Waals surface area contributed by atoms with Crippen molar-refractivity contribution < 1.29 is 106 Å². The molecule has 3 fully saturated rings. The number of H-pyrrole nitrogens is 1. The number of ether oxygens (including phenoxy) is 2. The van der Waals surface area contributed by atoms with Gasteiger partial charge in [-0.2, -0.15) is 0 Å². The van der Waals surface area contributed by atoms with Crippen molar-refractivity contribution in [1.29, 1.82) is 0 Å². The van der Waals surface area contributed by atoms with Gasteiger partial charge in [0, 0.05) is 25.0 Å². The number of nitrogens with one attached hydrogen (secondary N) is 2. The molecule has 7 heterocycles. The van der Waals surface area contributed by atoms with Gasteiger partial charge in [-0.05, 0) is 18.4 Å². The van der Waals surface area contributed by atoms with Crippen molar-refractivity contribution in [3.05, 3.63) is 51.2 Å². The molecule has 3 saturated heterocycles. The predicted molar refractivity (Wildman–Crippen MR) is 157 cm³/mol. The molecular formula is C23H26N6Na2O12P2S2. The first-order valence-electron chi connectivity index (χ1n) is 13.8. The molecule has 244 valence electrons. The van der Waals surface area contributed by atoms with E-state index in [-0.39, 0.29) is 59.1 Å². The molecule has 2 unspecified atom stereocenters. The van der Waals surface area contributed by atoms with Gasteiger partial charge in [-0.1, -0.05) is 0 Å². The molecule has 4 aliphatic heterocycles. The van der Waals surface area contributed by atoms with Gasteiger partial charge in [-0.3, -0.25) is 23.5 Å². The Morgan fingerprint density at radius 3 is 2.32 bits per heavy atom. The molecule has 10 atom stereocenters. The summed E-state index contributed by atoms with van der Waals surface area (Å²) in [5.74, 6) is 0.634. The van der Waals surface area contributed by atoms with Gasteiger partial charge in [0.2, 0.25) is 6.80 Å². The molecule has 0 amide bonds. The topological polar surface area (TPSA) is 228 Å². The number of aliphatic hydroxyl groups is 2. The van der Waals surface area contributed by atoms with Crippen molar-refractivity contribution in [2.24, 2.45) is 0 Å². The summed E-state index contributed by atoms with van der Waals surface area (Å²) in [6.07, 6.45) is -5.54. The van der Waals surface area contributed by atoms with Gasteiger partial charge in [-0.15, -0.1) is 0 Å². The average Bonchev–Trinajstić information content (AvgIpc) is 3.53. The molecule has 0 aromatic carbocycles. The Hall–Kier alpha value is -0.0600. The molecule has 18 nitrogen and oxygen atoms in total. The van der Waals surface area contributed by atoms with Crippen molar-refractivity contribution in [1.82, 2.24) is 24.1 Å². The molecule has 4 N–H and O–H groups in total. The van der Waals surface area contributed by atoms with E-state index < -0.39 is 87.1 Å². The Labute approximate surface area is 320 Å². The maximum absolute atomic E-state index is 13.4. The SMILES string of the molecule is O=c1ccn([C@@H]2O[C@@H]3COP(=O)([S-])O[C@H]4[C@@H](O)[C@H](n5cc6c7c(ncnc75)NCCC6)O[C@@H]4COP(=O)([S-])O[C@@H]2[C@@H]3O)c(=O)[nH]1.[Na+].[Na+]. The third-order valence-corrected chi connectivity index (χ3v) is 11.0. The molecule has 0 aliphatic carbocycles. The molecule has 47 heavy (non-hydrogen) atoms. The van der Waals surface area contributed by atoms with Gasteiger partial charge in [0.05, 0.1) is 18.6 Å². The van der Waals surface area contributed by atoms with E-state index in [2.05, 4.69) is 15.3 Å². The van der Waals surface area contributed by atoms with Crippen LogP contribution < -0.4 is 75.7 Å². The van der Waals surface area contributed by atoms with Crippen molar-refractivity contribution in [2.45, 2.75) is 61.9 Å². The maximum Gasteiger partial charge on any atom is 1.00 e. The quantitative estimate of drug-likeness (QED) is 0.109. The number of aliphatic hydroxyl groups excluding tert-OH is 2. The van der Waals surface area contributed by atoms with Crippen molar-refractivity contribution in [3.8, 4) is 0 Å². The van der Waals surface area contributed by atoms with E-state index in [1.54, 1.807) is 10.8 Å². The molecule has 7 rings (SSSR count). The van der Waals surface area contributed by atoms with Crippen LogP contribution in [0.15, 0.2) is 34.4 Å². The van der Waals surface area contributed by atoms with Crippen LogP contribution in [0, 0.1) is 0 Å². The Morgan fingerprint density at radius 1 is 0.915 bits per heavy atom. The molecular weight excluding hydrogens is 724 g/mol. The van der Waals surface area contributed by atoms with Crippen LogP contribution in [0.2, 0.25) is 0 Å². The van der Waals surface area contributed by atoms with Gasteiger partial charge in [0.25, 0.3) is 5.56 Å². The summed E-state index contributed by atoms with van der Waals surface area (Å²) < 4.78 is 63.2. The number of aromatic amines is 1. The van der Waals surface area contributed by atoms with E-state index in [0.29, 0.717) is 17.9 Å². The first kappa shape index (κ1) is 38.2. The van der Waals surface area contributed by atoms with Crippen LogP contribution in [-0.4, -0.2) is 90.7 Å². The van der Waals surface area contributed by atoms with Crippen molar-refractivity contribution >= 4 is 54.9 Å². The number of hydrogen-bond acceptors (Lipinski definition) is 17. The molecule has 24 heteroatoms. The van der Waals surface area contributed by atoms with Crippen molar-refractivity contribution in [3.63, 3.8) is 0 Å². The normalized spacial score (nSPS) is 37.2. The Bertz CT molecular complexity index is 1850. The summed E-state index contributed by atoms with van der Waals surface area (Å²) in [5.41, 5.74) is -0.231. The number of rotatable bonds is 2. The van der Waals surface area contributed by atoms with Crippen LogP contribution >= 0.6 is 13.6 Å². The minimum absolute atomic E-state index is 0. The summed E-state index contributed by atoms with van der Waals surface area (Å²) in [4.78, 5) is 34.8. The molecule has 3 aromatic rings. The fraction of sp³-hybridized carbons (Fsp3) is 0.565. The summed E-state index contributed by atoms with van der Waals surface area (Å²) in [6.45, 7) is -9.42.